The molecule has 2 heterocycles. The van der Waals surface area contributed by atoms with Gasteiger partial charge in [0.1, 0.15) is 0 Å². The van der Waals surface area contributed by atoms with Crippen molar-refractivity contribution in [2.45, 2.75) is 23.5 Å². The second kappa shape index (κ2) is 10.1. The molecule has 0 aliphatic carbocycles. The van der Waals surface area contributed by atoms with E-state index in [0.29, 0.717) is 12.3 Å². The number of nitrogens with one attached hydrogen (secondary N) is 1. The summed E-state index contributed by atoms with van der Waals surface area (Å²) in [5.74, 6) is 1.97. The van der Waals surface area contributed by atoms with Gasteiger partial charge in [0.05, 0.1) is 5.75 Å². The van der Waals surface area contributed by atoms with Gasteiger partial charge in [-0.05, 0) is 31.2 Å². The molecule has 1 amide bonds. The van der Waals surface area contributed by atoms with E-state index in [4.69, 9.17) is 0 Å². The Morgan fingerprint density at radius 1 is 1.07 bits per heavy atom. The van der Waals surface area contributed by atoms with Crippen LogP contribution in [-0.2, 0) is 11.3 Å². The van der Waals surface area contributed by atoms with Gasteiger partial charge < -0.3 is 9.88 Å². The third kappa shape index (κ3) is 5.58. The van der Waals surface area contributed by atoms with Crippen molar-refractivity contribution in [1.82, 2.24) is 25.1 Å². The van der Waals surface area contributed by atoms with Crippen LogP contribution in [0.5, 0.6) is 0 Å². The van der Waals surface area contributed by atoms with Crippen molar-refractivity contribution in [3.8, 4) is 11.4 Å². The molecular formula is C19H21N5OS2. The monoisotopic (exact) mass is 399 g/mol. The highest BCUT2D eigenvalue weighted by Gasteiger charge is 2.14. The van der Waals surface area contributed by atoms with E-state index in [1.807, 2.05) is 41.8 Å². The first-order valence-corrected chi connectivity index (χ1v) is 10.7. The van der Waals surface area contributed by atoms with Gasteiger partial charge in [-0.3, -0.25) is 9.78 Å². The van der Waals surface area contributed by atoms with Crippen LogP contribution in [-0.4, -0.2) is 43.7 Å². The third-order valence-corrected chi connectivity index (χ3v) is 5.72. The second-order valence-electron chi connectivity index (χ2n) is 5.59. The van der Waals surface area contributed by atoms with Crippen LogP contribution >= 0.6 is 23.5 Å². The zero-order valence-corrected chi connectivity index (χ0v) is 16.7. The van der Waals surface area contributed by atoms with Crippen molar-refractivity contribution >= 4 is 29.4 Å². The number of thioether (sulfide) groups is 2. The van der Waals surface area contributed by atoms with Gasteiger partial charge in [-0.1, -0.05) is 30.0 Å². The van der Waals surface area contributed by atoms with E-state index < -0.39 is 0 Å². The summed E-state index contributed by atoms with van der Waals surface area (Å²) in [6.45, 7) is 3.42. The Labute approximate surface area is 167 Å². The lowest BCUT2D eigenvalue weighted by atomic mass is 10.2. The summed E-state index contributed by atoms with van der Waals surface area (Å²) < 4.78 is 2.01. The molecule has 0 saturated heterocycles. The summed E-state index contributed by atoms with van der Waals surface area (Å²) in [5.41, 5.74) is 0.966. The van der Waals surface area contributed by atoms with Crippen LogP contribution in [0.3, 0.4) is 0 Å². The van der Waals surface area contributed by atoms with Gasteiger partial charge in [-0.25, -0.2) is 0 Å². The average Bonchev–Trinajstić information content (AvgIpc) is 3.14. The van der Waals surface area contributed by atoms with Crippen molar-refractivity contribution in [1.29, 1.82) is 0 Å². The number of pyridine rings is 1. The molecule has 0 aliphatic heterocycles. The van der Waals surface area contributed by atoms with Crippen molar-refractivity contribution < 1.29 is 4.79 Å². The highest BCUT2D eigenvalue weighted by molar-refractivity contribution is 7.99. The lowest BCUT2D eigenvalue weighted by Gasteiger charge is -2.08. The van der Waals surface area contributed by atoms with Gasteiger partial charge in [-0.2, -0.15) is 0 Å². The van der Waals surface area contributed by atoms with Gasteiger partial charge in [0.25, 0.3) is 0 Å². The predicted octanol–water partition coefficient (Wildman–Crippen LogP) is 3.36. The number of rotatable bonds is 9. The number of hydrogen-bond acceptors (Lipinski definition) is 6. The Bertz CT molecular complexity index is 855. The number of benzene rings is 1. The normalized spacial score (nSPS) is 10.7. The molecule has 1 N–H and O–H groups in total. The van der Waals surface area contributed by atoms with E-state index in [1.54, 1.807) is 24.2 Å². The topological polar surface area (TPSA) is 72.7 Å². The highest BCUT2D eigenvalue weighted by Crippen LogP contribution is 2.23. The van der Waals surface area contributed by atoms with E-state index in [1.165, 1.54) is 16.7 Å². The molecule has 0 spiro atoms. The summed E-state index contributed by atoms with van der Waals surface area (Å²) in [6, 6.07) is 14.0. The molecule has 2 aromatic heterocycles. The van der Waals surface area contributed by atoms with Crippen molar-refractivity contribution in [2.24, 2.45) is 0 Å². The minimum absolute atomic E-state index is 0.00442. The first kappa shape index (κ1) is 19.4. The fraction of sp³-hybridized carbons (Fsp3) is 0.263. The molecule has 3 aromatic rings. The van der Waals surface area contributed by atoms with Crippen LogP contribution in [0, 0.1) is 0 Å². The summed E-state index contributed by atoms with van der Waals surface area (Å²) in [7, 11) is 0. The molecule has 0 atom stereocenters. The lowest BCUT2D eigenvalue weighted by Crippen LogP contribution is -2.27. The maximum absolute atomic E-state index is 12.1. The fourth-order valence-corrected chi connectivity index (χ4v) is 4.07. The van der Waals surface area contributed by atoms with Crippen molar-refractivity contribution in [3.63, 3.8) is 0 Å². The first-order valence-electron chi connectivity index (χ1n) is 8.69. The number of carbonyl (C=O) groups excluding carboxylic acids is 1. The zero-order chi connectivity index (χ0) is 18.9. The van der Waals surface area contributed by atoms with Crippen LogP contribution in [0.1, 0.15) is 6.92 Å². The largest absolute Gasteiger partial charge is 0.355 e. The quantitative estimate of drug-likeness (QED) is 0.439. The summed E-state index contributed by atoms with van der Waals surface area (Å²) in [5, 5.41) is 12.2. The van der Waals surface area contributed by atoms with Crippen LogP contribution in [0.4, 0.5) is 0 Å². The van der Waals surface area contributed by atoms with Crippen molar-refractivity contribution in [2.75, 3.05) is 18.1 Å². The Morgan fingerprint density at radius 3 is 2.59 bits per heavy atom. The molecular weight excluding hydrogens is 378 g/mol. The smallest absolute Gasteiger partial charge is 0.230 e. The van der Waals surface area contributed by atoms with Gasteiger partial charge in [0.2, 0.25) is 5.91 Å². The second-order valence-corrected chi connectivity index (χ2v) is 7.70. The molecule has 0 saturated carbocycles. The Kier molecular flexibility index (Phi) is 7.29. The van der Waals surface area contributed by atoms with E-state index in [2.05, 4.69) is 32.6 Å². The molecule has 140 valence electrons. The molecule has 0 aliphatic rings. The molecule has 0 unspecified atom stereocenters. The predicted molar refractivity (Wildman–Crippen MR) is 110 cm³/mol. The molecule has 0 fully saturated rings. The zero-order valence-electron chi connectivity index (χ0n) is 15.0. The third-order valence-electron chi connectivity index (χ3n) is 3.74. The summed E-state index contributed by atoms with van der Waals surface area (Å²) in [6.07, 6.45) is 3.47. The van der Waals surface area contributed by atoms with Crippen molar-refractivity contribution in [3.05, 3.63) is 54.9 Å². The van der Waals surface area contributed by atoms with E-state index in [0.717, 1.165) is 28.8 Å². The van der Waals surface area contributed by atoms with Gasteiger partial charge in [0, 0.05) is 41.7 Å². The number of carbonyl (C=O) groups is 1. The molecule has 27 heavy (non-hydrogen) atoms. The molecule has 6 nitrogen and oxygen atoms in total. The Hall–Kier alpha value is -2.32. The molecule has 1 aromatic carbocycles. The van der Waals surface area contributed by atoms with E-state index in [-0.39, 0.29) is 5.91 Å². The van der Waals surface area contributed by atoms with Gasteiger partial charge >= 0.3 is 0 Å². The van der Waals surface area contributed by atoms with Crippen LogP contribution in [0.15, 0.2) is 64.9 Å². The summed E-state index contributed by atoms with van der Waals surface area (Å²) in [4.78, 5) is 17.3. The lowest BCUT2D eigenvalue weighted by molar-refractivity contribution is -0.118. The van der Waals surface area contributed by atoms with Crippen LogP contribution in [0.25, 0.3) is 11.4 Å². The number of hydrogen-bond donors (Lipinski definition) is 1. The fourth-order valence-electron chi connectivity index (χ4n) is 2.45. The minimum Gasteiger partial charge on any atom is -0.355 e. The van der Waals surface area contributed by atoms with Crippen LogP contribution in [0.2, 0.25) is 0 Å². The molecule has 8 heteroatoms. The maximum Gasteiger partial charge on any atom is 0.230 e. The number of aromatic nitrogens is 4. The standard InChI is InChI=1S/C19H21N5OS2/c1-2-24-18(15-8-10-20-11-9-15)22-23-19(24)27-14-17(25)21-12-13-26-16-6-4-3-5-7-16/h3-11H,2,12-14H2,1H3,(H,21,25). The summed E-state index contributed by atoms with van der Waals surface area (Å²) >= 11 is 3.14. The Morgan fingerprint density at radius 2 is 1.85 bits per heavy atom. The minimum atomic E-state index is 0.00442. The SMILES string of the molecule is CCn1c(SCC(=O)NCCSc2ccccc2)nnc1-c1ccncc1. The molecule has 3 rings (SSSR count). The van der Waals surface area contributed by atoms with E-state index >= 15 is 0 Å². The van der Waals surface area contributed by atoms with Gasteiger partial charge in [-0.15, -0.1) is 22.0 Å². The molecule has 0 bridgehead atoms. The Balaban J connectivity index is 1.47. The number of amides is 1. The van der Waals surface area contributed by atoms with Crippen LogP contribution < -0.4 is 5.32 Å². The highest BCUT2D eigenvalue weighted by atomic mass is 32.2. The first-order chi connectivity index (χ1) is 13.3. The van der Waals surface area contributed by atoms with Gasteiger partial charge in [0.15, 0.2) is 11.0 Å². The molecule has 0 radical (unpaired) electrons. The maximum atomic E-state index is 12.1. The number of nitrogens with zero attached hydrogens (tertiary/aromatic N) is 4. The van der Waals surface area contributed by atoms with E-state index in [9.17, 15) is 4.79 Å². The average molecular weight is 400 g/mol.